The minimum absolute atomic E-state index is 0.0507. The van der Waals surface area contributed by atoms with E-state index >= 15 is 0 Å². The van der Waals surface area contributed by atoms with E-state index in [4.69, 9.17) is 8.83 Å². The van der Waals surface area contributed by atoms with Crippen molar-refractivity contribution >= 4 is 29.1 Å². The number of thioether (sulfide) groups is 1. The number of benzene rings is 1. The van der Waals surface area contributed by atoms with Crippen molar-refractivity contribution in [2.75, 3.05) is 11.1 Å². The second-order valence-electron chi connectivity index (χ2n) is 5.58. The maximum atomic E-state index is 12.4. The molecule has 2 aromatic heterocycles. The van der Waals surface area contributed by atoms with E-state index in [1.54, 1.807) is 30.3 Å². The van der Waals surface area contributed by atoms with E-state index in [0.717, 1.165) is 23.0 Å². The molecule has 1 aromatic carbocycles. The fourth-order valence-corrected chi connectivity index (χ4v) is 3.23. The van der Waals surface area contributed by atoms with Crippen LogP contribution in [-0.2, 0) is 4.79 Å². The van der Waals surface area contributed by atoms with Crippen LogP contribution in [0.15, 0.2) is 50.7 Å². The molecule has 3 aromatic rings. The Bertz CT molecular complexity index is 949. The molecule has 7 nitrogen and oxygen atoms in total. The monoisotopic (exact) mass is 355 g/mol. The Morgan fingerprint density at radius 3 is 3.00 bits per heavy atom. The van der Waals surface area contributed by atoms with Crippen molar-refractivity contribution in [3.8, 4) is 11.7 Å². The number of amides is 1. The van der Waals surface area contributed by atoms with Gasteiger partial charge >= 0.3 is 0 Å². The van der Waals surface area contributed by atoms with Gasteiger partial charge < -0.3 is 14.2 Å². The number of fused-ring (bicyclic) bond motifs is 1. The number of nitrogens with zero attached hydrogens (tertiary/aromatic N) is 2. The van der Waals surface area contributed by atoms with Crippen LogP contribution >= 0.6 is 11.8 Å². The molecule has 4 rings (SSSR count). The van der Waals surface area contributed by atoms with E-state index in [2.05, 4.69) is 15.5 Å². The smallest absolute Gasteiger partial charge is 0.284 e. The van der Waals surface area contributed by atoms with Crippen molar-refractivity contribution in [2.45, 2.75) is 18.1 Å². The van der Waals surface area contributed by atoms with Crippen LogP contribution in [0.3, 0.4) is 0 Å². The lowest BCUT2D eigenvalue weighted by Crippen LogP contribution is -2.08. The summed E-state index contributed by atoms with van der Waals surface area (Å²) < 4.78 is 10.6. The molecule has 126 valence electrons. The minimum Gasteiger partial charge on any atom is -0.459 e. The van der Waals surface area contributed by atoms with E-state index in [9.17, 15) is 9.59 Å². The Balaban J connectivity index is 1.44. The van der Waals surface area contributed by atoms with Gasteiger partial charge in [0.05, 0.1) is 17.9 Å². The number of anilines is 1. The third-order valence-corrected chi connectivity index (χ3v) is 4.77. The molecule has 3 heterocycles. The fraction of sp³-hybridized carbons (Fsp3) is 0.176. The molecule has 1 aliphatic heterocycles. The average Bonchev–Trinajstić information content (AvgIpc) is 3.34. The lowest BCUT2D eigenvalue weighted by Gasteiger charge is -2.04. The van der Waals surface area contributed by atoms with Crippen LogP contribution in [0.4, 0.5) is 5.69 Å². The van der Waals surface area contributed by atoms with Crippen molar-refractivity contribution in [1.82, 2.24) is 10.2 Å². The van der Waals surface area contributed by atoms with Crippen LogP contribution in [0.1, 0.15) is 28.8 Å². The predicted molar refractivity (Wildman–Crippen MR) is 90.5 cm³/mol. The molecule has 0 fully saturated rings. The molecule has 0 saturated heterocycles. The molecule has 1 N–H and O–H groups in total. The summed E-state index contributed by atoms with van der Waals surface area (Å²) in [7, 11) is 0. The van der Waals surface area contributed by atoms with Gasteiger partial charge in [0.2, 0.25) is 5.91 Å². The first-order valence-electron chi connectivity index (χ1n) is 7.60. The number of carbonyl (C=O) groups excluding carboxylic acids is 2. The van der Waals surface area contributed by atoms with Gasteiger partial charge in [0, 0.05) is 11.3 Å². The highest BCUT2D eigenvalue weighted by Crippen LogP contribution is 2.33. The summed E-state index contributed by atoms with van der Waals surface area (Å²) in [5, 5.41) is 10.9. The number of aromatic nitrogens is 2. The summed E-state index contributed by atoms with van der Waals surface area (Å²) >= 11 is 1.16. The van der Waals surface area contributed by atoms with Gasteiger partial charge in [0.1, 0.15) is 0 Å². The summed E-state index contributed by atoms with van der Waals surface area (Å²) in [5.41, 5.74) is 2.17. The largest absolute Gasteiger partial charge is 0.459 e. The van der Waals surface area contributed by atoms with Gasteiger partial charge in [0.25, 0.3) is 11.1 Å². The lowest BCUT2D eigenvalue weighted by atomic mass is 9.99. The number of hydrogen-bond acceptors (Lipinski definition) is 7. The Hall–Kier alpha value is -2.87. The first-order chi connectivity index (χ1) is 12.1. The predicted octanol–water partition coefficient (Wildman–Crippen LogP) is 3.36. The van der Waals surface area contributed by atoms with Crippen molar-refractivity contribution < 1.29 is 18.4 Å². The molecule has 1 amide bonds. The molecular formula is C17H13N3O4S. The second-order valence-corrected chi connectivity index (χ2v) is 6.50. The molecule has 0 saturated carbocycles. The van der Waals surface area contributed by atoms with Crippen LogP contribution in [0.2, 0.25) is 0 Å². The summed E-state index contributed by atoms with van der Waals surface area (Å²) in [5.74, 6) is 0.546. The van der Waals surface area contributed by atoms with E-state index < -0.39 is 0 Å². The lowest BCUT2D eigenvalue weighted by molar-refractivity contribution is -0.116. The van der Waals surface area contributed by atoms with Gasteiger partial charge in [-0.2, -0.15) is 0 Å². The third-order valence-electron chi connectivity index (χ3n) is 3.96. The molecule has 25 heavy (non-hydrogen) atoms. The van der Waals surface area contributed by atoms with Crippen molar-refractivity contribution in [1.29, 1.82) is 0 Å². The van der Waals surface area contributed by atoms with Gasteiger partial charge in [-0.1, -0.05) is 11.8 Å². The molecule has 0 bridgehead atoms. The highest BCUT2D eigenvalue weighted by Gasteiger charge is 2.27. The fourth-order valence-electron chi connectivity index (χ4n) is 2.57. The highest BCUT2D eigenvalue weighted by atomic mass is 32.2. The normalized spacial score (nSPS) is 15.9. The number of rotatable bonds is 5. The summed E-state index contributed by atoms with van der Waals surface area (Å²) in [6.45, 7) is 1.82. The molecule has 0 aliphatic carbocycles. The van der Waals surface area contributed by atoms with E-state index in [1.807, 2.05) is 6.92 Å². The molecular weight excluding hydrogens is 342 g/mol. The molecule has 8 heteroatoms. The minimum atomic E-state index is -0.248. The molecule has 0 radical (unpaired) electrons. The molecule has 1 aliphatic rings. The number of Topliss-reactive ketones (excluding diaryl/α,β-unsaturated/α-hetero) is 1. The summed E-state index contributed by atoms with van der Waals surface area (Å²) in [6, 6.07) is 8.68. The first kappa shape index (κ1) is 15.6. The van der Waals surface area contributed by atoms with Crippen LogP contribution in [0, 0.1) is 0 Å². The number of carbonyl (C=O) groups is 2. The van der Waals surface area contributed by atoms with Crippen molar-refractivity contribution in [3.05, 3.63) is 47.7 Å². The number of furan rings is 1. The zero-order valence-electron chi connectivity index (χ0n) is 13.2. The standard InChI is InChI=1S/C17H13N3O4S/c1-9-11-7-10(4-5-12(11)18-15(9)22)13(21)8-25-17-20-19-16(24-17)14-3-2-6-23-14/h2-7,9H,8H2,1H3,(H,18,22)/t9-/m1/s1. The zero-order chi connectivity index (χ0) is 17.4. The van der Waals surface area contributed by atoms with Crippen molar-refractivity contribution in [3.63, 3.8) is 0 Å². The number of hydrogen-bond donors (Lipinski definition) is 1. The van der Waals surface area contributed by atoms with Gasteiger partial charge in [-0.15, -0.1) is 10.2 Å². The first-order valence-corrected chi connectivity index (χ1v) is 8.58. The van der Waals surface area contributed by atoms with Crippen LogP contribution in [-0.4, -0.2) is 27.6 Å². The molecule has 1 atom stereocenters. The van der Waals surface area contributed by atoms with Gasteiger partial charge in [-0.05, 0) is 42.8 Å². The average molecular weight is 355 g/mol. The summed E-state index contributed by atoms with van der Waals surface area (Å²) in [6.07, 6.45) is 1.52. The zero-order valence-corrected chi connectivity index (χ0v) is 14.0. The number of nitrogens with one attached hydrogen (secondary N) is 1. The van der Waals surface area contributed by atoms with Gasteiger partial charge in [-0.25, -0.2) is 0 Å². The Morgan fingerprint density at radius 1 is 1.32 bits per heavy atom. The van der Waals surface area contributed by atoms with Crippen molar-refractivity contribution in [2.24, 2.45) is 0 Å². The number of ketones is 1. The van der Waals surface area contributed by atoms with Crippen LogP contribution in [0.5, 0.6) is 0 Å². The van der Waals surface area contributed by atoms with E-state index in [0.29, 0.717) is 16.5 Å². The van der Waals surface area contributed by atoms with E-state index in [-0.39, 0.29) is 29.3 Å². The molecule has 0 unspecified atom stereocenters. The topological polar surface area (TPSA) is 98.2 Å². The maximum absolute atomic E-state index is 12.4. The Morgan fingerprint density at radius 2 is 2.20 bits per heavy atom. The summed E-state index contributed by atoms with van der Waals surface area (Å²) in [4.78, 5) is 24.1. The SMILES string of the molecule is C[C@H]1C(=O)Nc2ccc(C(=O)CSc3nnc(-c4ccco4)o3)cc21. The molecule has 0 spiro atoms. The highest BCUT2D eigenvalue weighted by molar-refractivity contribution is 7.99. The Labute approximate surface area is 146 Å². The quantitative estimate of drug-likeness (QED) is 0.553. The van der Waals surface area contributed by atoms with Crippen LogP contribution < -0.4 is 5.32 Å². The van der Waals surface area contributed by atoms with Crippen LogP contribution in [0.25, 0.3) is 11.7 Å². The third kappa shape index (κ3) is 2.96. The maximum Gasteiger partial charge on any atom is 0.284 e. The van der Waals surface area contributed by atoms with Gasteiger partial charge in [-0.3, -0.25) is 9.59 Å². The van der Waals surface area contributed by atoms with E-state index in [1.165, 1.54) is 6.26 Å². The second kappa shape index (κ2) is 6.21. The van der Waals surface area contributed by atoms with Gasteiger partial charge in [0.15, 0.2) is 11.5 Å². The Kier molecular flexibility index (Phi) is 3.89.